The monoisotopic (exact) mass is 332 g/mol. The summed E-state index contributed by atoms with van der Waals surface area (Å²) in [6.07, 6.45) is 15.0. The molecule has 4 heteroatoms. The third-order valence-electron chi connectivity index (χ3n) is 6.35. The molecule has 3 aliphatic rings. The van der Waals surface area contributed by atoms with Gasteiger partial charge < -0.3 is 0 Å². The van der Waals surface area contributed by atoms with Crippen LogP contribution in [0, 0.1) is 23.7 Å². The Bertz CT molecular complexity index is 440. The molecule has 0 radical (unpaired) electrons. The van der Waals surface area contributed by atoms with Gasteiger partial charge in [0.25, 0.3) is 0 Å². The van der Waals surface area contributed by atoms with Crippen molar-refractivity contribution in [3.63, 3.8) is 0 Å². The molecule has 2 bridgehead atoms. The number of rotatable bonds is 10. The second kappa shape index (κ2) is 9.91. The smallest absolute Gasteiger partial charge is 0.211 e. The van der Waals surface area contributed by atoms with Gasteiger partial charge in [0, 0.05) is 0 Å². The Morgan fingerprint density at radius 2 is 1.38 bits per heavy atom. The van der Waals surface area contributed by atoms with Gasteiger partial charge in [-0.05, 0) is 55.8 Å². The SMILES string of the molecule is CCCCC(N=C=O)C1CC2CCC1C(C(CCCC)N=C=O)C2. The summed E-state index contributed by atoms with van der Waals surface area (Å²) in [7, 11) is 0. The van der Waals surface area contributed by atoms with Crippen LogP contribution in [0.5, 0.6) is 0 Å². The lowest BCUT2D eigenvalue weighted by molar-refractivity contribution is 0.00838. The standard InChI is InChI=1S/C20H32N2O2/c1-3-5-7-19(21-13-23)17-11-15-9-10-16(17)18(12-15)20(22-14-24)8-6-4-2/h15-20H,3-12H2,1-2H3. The van der Waals surface area contributed by atoms with Crippen LogP contribution in [0.3, 0.4) is 0 Å². The number of hydrogen-bond donors (Lipinski definition) is 0. The molecule has 0 aromatic carbocycles. The highest BCUT2D eigenvalue weighted by Crippen LogP contribution is 2.52. The summed E-state index contributed by atoms with van der Waals surface area (Å²) in [5, 5.41) is 0. The van der Waals surface area contributed by atoms with Crippen LogP contribution in [-0.2, 0) is 9.59 Å². The zero-order chi connectivity index (χ0) is 17.4. The Morgan fingerprint density at radius 1 is 0.875 bits per heavy atom. The number of carbonyl (C=O) groups excluding carboxylic acids is 2. The Kier molecular flexibility index (Phi) is 7.88. The first-order valence-electron chi connectivity index (χ1n) is 9.89. The molecule has 4 unspecified atom stereocenters. The van der Waals surface area contributed by atoms with Crippen molar-refractivity contribution < 1.29 is 9.59 Å². The van der Waals surface area contributed by atoms with Crippen LogP contribution >= 0.6 is 0 Å². The van der Waals surface area contributed by atoms with Crippen molar-refractivity contribution in [1.29, 1.82) is 0 Å². The second-order valence-electron chi connectivity index (χ2n) is 7.77. The van der Waals surface area contributed by atoms with Gasteiger partial charge in [0.1, 0.15) is 0 Å². The van der Waals surface area contributed by atoms with Gasteiger partial charge in [-0.25, -0.2) is 19.6 Å². The van der Waals surface area contributed by atoms with Crippen LogP contribution in [0.1, 0.15) is 78.1 Å². The third-order valence-corrected chi connectivity index (χ3v) is 6.35. The molecule has 0 aromatic heterocycles. The number of unbranched alkanes of at least 4 members (excludes halogenated alkanes) is 2. The van der Waals surface area contributed by atoms with Gasteiger partial charge in [0.2, 0.25) is 12.2 Å². The van der Waals surface area contributed by atoms with E-state index in [0.29, 0.717) is 23.7 Å². The molecule has 0 saturated heterocycles. The van der Waals surface area contributed by atoms with Gasteiger partial charge in [-0.2, -0.15) is 0 Å². The largest absolute Gasteiger partial charge is 0.235 e. The Labute approximate surface area is 146 Å². The summed E-state index contributed by atoms with van der Waals surface area (Å²) < 4.78 is 0. The Hall–Kier alpha value is -1.24. The number of nitrogens with zero attached hydrogens (tertiary/aromatic N) is 2. The Balaban J connectivity index is 2.16. The Morgan fingerprint density at radius 3 is 1.75 bits per heavy atom. The lowest BCUT2D eigenvalue weighted by Gasteiger charge is -2.50. The van der Waals surface area contributed by atoms with E-state index < -0.39 is 0 Å². The number of isocyanates is 2. The predicted octanol–water partition coefficient (Wildman–Crippen LogP) is 4.83. The van der Waals surface area contributed by atoms with E-state index in [1.54, 1.807) is 0 Å². The van der Waals surface area contributed by atoms with Crippen LogP contribution in [0.25, 0.3) is 0 Å². The molecule has 3 rings (SSSR count). The van der Waals surface area contributed by atoms with Crippen LogP contribution in [0.15, 0.2) is 9.98 Å². The molecule has 0 heterocycles. The van der Waals surface area contributed by atoms with Gasteiger partial charge >= 0.3 is 0 Å². The highest BCUT2D eigenvalue weighted by Gasteiger charge is 2.47. The minimum atomic E-state index is 0.116. The highest BCUT2D eigenvalue weighted by atomic mass is 16.1. The highest BCUT2D eigenvalue weighted by molar-refractivity contribution is 5.34. The molecule has 3 fully saturated rings. The van der Waals surface area contributed by atoms with E-state index in [9.17, 15) is 9.59 Å². The van der Waals surface area contributed by atoms with Crippen molar-refractivity contribution in [2.75, 3.05) is 0 Å². The molecule has 4 atom stereocenters. The van der Waals surface area contributed by atoms with Crippen LogP contribution in [0.2, 0.25) is 0 Å². The first-order valence-corrected chi connectivity index (χ1v) is 9.89. The van der Waals surface area contributed by atoms with Gasteiger partial charge in [0.05, 0.1) is 12.1 Å². The summed E-state index contributed by atoms with van der Waals surface area (Å²) in [4.78, 5) is 30.2. The molecular formula is C20H32N2O2. The van der Waals surface area contributed by atoms with E-state index in [0.717, 1.165) is 38.5 Å². The lowest BCUT2D eigenvalue weighted by Crippen LogP contribution is -2.46. The molecule has 0 N–H and O–H groups in total. The van der Waals surface area contributed by atoms with E-state index in [-0.39, 0.29) is 12.1 Å². The van der Waals surface area contributed by atoms with Crippen molar-refractivity contribution >= 4 is 12.2 Å². The van der Waals surface area contributed by atoms with E-state index in [1.165, 1.54) is 25.7 Å². The summed E-state index contributed by atoms with van der Waals surface area (Å²) in [6.45, 7) is 4.36. The molecule has 4 nitrogen and oxygen atoms in total. The number of hydrogen-bond acceptors (Lipinski definition) is 4. The summed E-state index contributed by atoms with van der Waals surface area (Å²) in [5.41, 5.74) is 0. The van der Waals surface area contributed by atoms with Crippen molar-refractivity contribution in [3.05, 3.63) is 0 Å². The molecule has 0 spiro atoms. The van der Waals surface area contributed by atoms with Gasteiger partial charge in [-0.15, -0.1) is 0 Å². The summed E-state index contributed by atoms with van der Waals surface area (Å²) in [6, 6.07) is 0.232. The zero-order valence-electron chi connectivity index (χ0n) is 15.2. The lowest BCUT2D eigenvalue weighted by atomic mass is 9.55. The normalized spacial score (nSPS) is 30.9. The average Bonchev–Trinajstić information content (AvgIpc) is 2.62. The molecular weight excluding hydrogens is 300 g/mol. The number of aliphatic imine (C=N–C) groups is 2. The molecule has 0 aromatic rings. The van der Waals surface area contributed by atoms with Gasteiger partial charge in [-0.1, -0.05) is 46.0 Å². The van der Waals surface area contributed by atoms with Crippen molar-refractivity contribution in [2.24, 2.45) is 33.7 Å². The van der Waals surface area contributed by atoms with E-state index >= 15 is 0 Å². The number of fused-ring (bicyclic) bond motifs is 3. The summed E-state index contributed by atoms with van der Waals surface area (Å²) >= 11 is 0. The topological polar surface area (TPSA) is 58.9 Å². The van der Waals surface area contributed by atoms with Crippen LogP contribution < -0.4 is 0 Å². The first-order chi connectivity index (χ1) is 11.7. The van der Waals surface area contributed by atoms with E-state index in [2.05, 4.69) is 23.8 Å². The van der Waals surface area contributed by atoms with Crippen LogP contribution in [-0.4, -0.2) is 24.2 Å². The first kappa shape index (κ1) is 19.1. The maximum Gasteiger partial charge on any atom is 0.235 e. The van der Waals surface area contributed by atoms with E-state index in [4.69, 9.17) is 0 Å². The molecule has 3 aliphatic carbocycles. The third kappa shape index (κ3) is 4.65. The fourth-order valence-electron chi connectivity index (χ4n) is 5.22. The minimum absolute atomic E-state index is 0.116. The molecule has 24 heavy (non-hydrogen) atoms. The quantitative estimate of drug-likeness (QED) is 0.425. The maximum atomic E-state index is 10.9. The fraction of sp³-hybridized carbons (Fsp3) is 0.900. The average molecular weight is 332 g/mol. The van der Waals surface area contributed by atoms with E-state index in [1.807, 2.05) is 12.2 Å². The molecule has 134 valence electrons. The molecule has 3 saturated carbocycles. The second-order valence-corrected chi connectivity index (χ2v) is 7.77. The minimum Gasteiger partial charge on any atom is -0.211 e. The van der Waals surface area contributed by atoms with Crippen molar-refractivity contribution in [2.45, 2.75) is 90.1 Å². The summed E-state index contributed by atoms with van der Waals surface area (Å²) in [5.74, 6) is 2.21. The zero-order valence-corrected chi connectivity index (χ0v) is 15.2. The predicted molar refractivity (Wildman–Crippen MR) is 95.3 cm³/mol. The maximum absolute atomic E-state index is 10.9. The fourth-order valence-corrected chi connectivity index (χ4v) is 5.22. The molecule has 0 amide bonds. The van der Waals surface area contributed by atoms with Gasteiger partial charge in [0.15, 0.2) is 0 Å². The molecule has 0 aliphatic heterocycles. The van der Waals surface area contributed by atoms with Crippen molar-refractivity contribution in [3.8, 4) is 0 Å². The van der Waals surface area contributed by atoms with Crippen molar-refractivity contribution in [1.82, 2.24) is 0 Å². The van der Waals surface area contributed by atoms with Gasteiger partial charge in [-0.3, -0.25) is 0 Å². The van der Waals surface area contributed by atoms with Crippen LogP contribution in [0.4, 0.5) is 0 Å².